The Morgan fingerprint density at radius 3 is 2.75 bits per heavy atom. The quantitative estimate of drug-likeness (QED) is 0.828. The molecule has 5 heteroatoms. The third kappa shape index (κ3) is 3.58. The smallest absolute Gasteiger partial charge is 0.226 e. The number of halogens is 2. The van der Waals surface area contributed by atoms with Crippen LogP contribution in [-0.2, 0) is 4.79 Å². The van der Waals surface area contributed by atoms with Crippen LogP contribution >= 0.6 is 0 Å². The second-order valence-electron chi connectivity index (χ2n) is 3.54. The Morgan fingerprint density at radius 1 is 1.50 bits per heavy atom. The van der Waals surface area contributed by atoms with Gasteiger partial charge < -0.3 is 11.1 Å². The van der Waals surface area contributed by atoms with E-state index < -0.39 is 11.6 Å². The van der Waals surface area contributed by atoms with Crippen molar-refractivity contribution >= 4 is 11.6 Å². The molecule has 0 radical (unpaired) electrons. The molecule has 1 unspecified atom stereocenters. The van der Waals surface area contributed by atoms with Crippen molar-refractivity contribution in [2.75, 3.05) is 5.32 Å². The van der Waals surface area contributed by atoms with Crippen molar-refractivity contribution in [3.05, 3.63) is 29.8 Å². The Labute approximate surface area is 92.6 Å². The van der Waals surface area contributed by atoms with Crippen LogP contribution in [0.5, 0.6) is 0 Å². The van der Waals surface area contributed by atoms with Gasteiger partial charge in [-0.05, 0) is 18.6 Å². The molecule has 0 saturated carbocycles. The molecule has 3 N–H and O–H groups in total. The molecule has 0 fully saturated rings. The normalized spacial score (nSPS) is 12.2. The average molecular weight is 228 g/mol. The van der Waals surface area contributed by atoms with Crippen LogP contribution in [0.1, 0.15) is 19.8 Å². The first-order chi connectivity index (χ1) is 7.52. The minimum atomic E-state index is -0.793. The van der Waals surface area contributed by atoms with Crippen molar-refractivity contribution in [2.24, 2.45) is 5.73 Å². The van der Waals surface area contributed by atoms with Crippen LogP contribution in [0, 0.1) is 11.6 Å². The van der Waals surface area contributed by atoms with E-state index in [4.69, 9.17) is 5.73 Å². The number of carbonyl (C=O) groups excluding carboxylic acids is 1. The van der Waals surface area contributed by atoms with E-state index in [9.17, 15) is 13.6 Å². The fraction of sp³-hybridized carbons (Fsp3) is 0.364. The lowest BCUT2D eigenvalue weighted by Crippen LogP contribution is -2.26. The highest BCUT2D eigenvalue weighted by Crippen LogP contribution is 2.15. The van der Waals surface area contributed by atoms with Crippen molar-refractivity contribution in [1.29, 1.82) is 0 Å². The number of amides is 1. The minimum absolute atomic E-state index is 0.0327. The number of nitrogens with one attached hydrogen (secondary N) is 1. The van der Waals surface area contributed by atoms with Crippen LogP contribution in [0.3, 0.4) is 0 Å². The fourth-order valence-corrected chi connectivity index (χ4v) is 1.17. The van der Waals surface area contributed by atoms with Crippen molar-refractivity contribution in [3.63, 3.8) is 0 Å². The first kappa shape index (κ1) is 12.6. The number of anilines is 1. The third-order valence-corrected chi connectivity index (χ3v) is 2.18. The van der Waals surface area contributed by atoms with Gasteiger partial charge in [0.15, 0.2) is 0 Å². The molecule has 16 heavy (non-hydrogen) atoms. The Bertz CT molecular complexity index is 382. The van der Waals surface area contributed by atoms with E-state index in [0.29, 0.717) is 6.42 Å². The molecule has 0 aliphatic rings. The minimum Gasteiger partial charge on any atom is -0.327 e. The highest BCUT2D eigenvalue weighted by atomic mass is 19.1. The third-order valence-electron chi connectivity index (χ3n) is 2.18. The van der Waals surface area contributed by atoms with Gasteiger partial charge in [0.25, 0.3) is 0 Å². The van der Waals surface area contributed by atoms with Gasteiger partial charge in [0, 0.05) is 18.5 Å². The summed E-state index contributed by atoms with van der Waals surface area (Å²) in [6.07, 6.45) is 0.784. The average Bonchev–Trinajstić information content (AvgIpc) is 2.22. The predicted octanol–water partition coefficient (Wildman–Crippen LogP) is 2.03. The Kier molecular flexibility index (Phi) is 4.37. The molecule has 0 bridgehead atoms. The highest BCUT2D eigenvalue weighted by Gasteiger charge is 2.10. The number of hydrogen-bond acceptors (Lipinski definition) is 2. The van der Waals surface area contributed by atoms with E-state index in [-0.39, 0.29) is 24.1 Å². The summed E-state index contributed by atoms with van der Waals surface area (Å²) in [5, 5.41) is 2.34. The maximum Gasteiger partial charge on any atom is 0.226 e. The van der Waals surface area contributed by atoms with Crippen LogP contribution in [-0.4, -0.2) is 11.9 Å². The van der Waals surface area contributed by atoms with Gasteiger partial charge in [0.2, 0.25) is 5.91 Å². The lowest BCUT2D eigenvalue weighted by Gasteiger charge is -2.09. The first-order valence-electron chi connectivity index (χ1n) is 5.03. The van der Waals surface area contributed by atoms with Crippen LogP contribution in [0.25, 0.3) is 0 Å². The lowest BCUT2D eigenvalue weighted by molar-refractivity contribution is -0.116. The molecule has 3 nitrogen and oxygen atoms in total. The highest BCUT2D eigenvalue weighted by molar-refractivity contribution is 5.91. The molecule has 0 aliphatic carbocycles. The summed E-state index contributed by atoms with van der Waals surface area (Å²) in [5.41, 5.74) is 5.54. The predicted molar refractivity (Wildman–Crippen MR) is 57.9 cm³/mol. The molecule has 0 heterocycles. The van der Waals surface area contributed by atoms with Crippen LogP contribution in [0.2, 0.25) is 0 Å². The molecule has 1 aromatic rings. The van der Waals surface area contributed by atoms with E-state index in [1.807, 2.05) is 6.92 Å². The molecule has 0 aromatic heterocycles. The summed E-state index contributed by atoms with van der Waals surface area (Å²) >= 11 is 0. The summed E-state index contributed by atoms with van der Waals surface area (Å²) in [4.78, 5) is 11.4. The molecule has 1 aromatic carbocycles. The summed E-state index contributed by atoms with van der Waals surface area (Å²) < 4.78 is 25.7. The Hall–Kier alpha value is -1.49. The number of hydrogen-bond donors (Lipinski definition) is 2. The van der Waals surface area contributed by atoms with E-state index in [1.165, 1.54) is 6.07 Å². The largest absolute Gasteiger partial charge is 0.327 e. The molecule has 1 atom stereocenters. The number of rotatable bonds is 4. The van der Waals surface area contributed by atoms with Crippen molar-refractivity contribution in [1.82, 2.24) is 0 Å². The van der Waals surface area contributed by atoms with Crippen molar-refractivity contribution in [3.8, 4) is 0 Å². The molecular formula is C11H14F2N2O. The van der Waals surface area contributed by atoms with Gasteiger partial charge in [0.1, 0.15) is 11.6 Å². The van der Waals surface area contributed by atoms with Crippen molar-refractivity contribution in [2.45, 2.75) is 25.8 Å². The molecular weight excluding hydrogens is 214 g/mol. The summed E-state index contributed by atoms with van der Waals surface area (Å²) in [5.74, 6) is -1.85. The number of carbonyl (C=O) groups is 1. The van der Waals surface area contributed by atoms with Gasteiger partial charge >= 0.3 is 0 Å². The maximum atomic E-state index is 13.1. The Morgan fingerprint density at radius 2 is 2.19 bits per heavy atom. The monoisotopic (exact) mass is 228 g/mol. The summed E-state index contributed by atoms with van der Waals surface area (Å²) in [6, 6.07) is 2.73. The van der Waals surface area contributed by atoms with E-state index in [0.717, 1.165) is 12.1 Å². The lowest BCUT2D eigenvalue weighted by atomic mass is 10.1. The van der Waals surface area contributed by atoms with Gasteiger partial charge in [0.05, 0.1) is 5.69 Å². The maximum absolute atomic E-state index is 13.1. The summed E-state index contributed by atoms with van der Waals surface area (Å²) in [6.45, 7) is 1.86. The second-order valence-corrected chi connectivity index (χ2v) is 3.54. The molecule has 0 spiro atoms. The zero-order chi connectivity index (χ0) is 12.1. The van der Waals surface area contributed by atoms with Crippen molar-refractivity contribution < 1.29 is 13.6 Å². The molecule has 0 aliphatic heterocycles. The van der Waals surface area contributed by atoms with Crippen LogP contribution < -0.4 is 11.1 Å². The second kappa shape index (κ2) is 5.55. The standard InChI is InChI=1S/C11H14F2N2O/c1-2-8(14)6-11(16)15-10-4-3-7(12)5-9(10)13/h3-5,8H,2,6,14H2,1H3,(H,15,16). The zero-order valence-corrected chi connectivity index (χ0v) is 8.97. The van der Waals surface area contributed by atoms with E-state index >= 15 is 0 Å². The van der Waals surface area contributed by atoms with Crippen LogP contribution in [0.15, 0.2) is 18.2 Å². The molecule has 1 rings (SSSR count). The zero-order valence-electron chi connectivity index (χ0n) is 8.97. The fourth-order valence-electron chi connectivity index (χ4n) is 1.17. The van der Waals surface area contributed by atoms with Gasteiger partial charge in [-0.3, -0.25) is 4.79 Å². The topological polar surface area (TPSA) is 55.1 Å². The molecule has 88 valence electrons. The molecule has 1 amide bonds. The van der Waals surface area contributed by atoms with Gasteiger partial charge in [-0.25, -0.2) is 8.78 Å². The van der Waals surface area contributed by atoms with Gasteiger partial charge in [-0.2, -0.15) is 0 Å². The number of benzene rings is 1. The van der Waals surface area contributed by atoms with E-state index in [2.05, 4.69) is 5.32 Å². The van der Waals surface area contributed by atoms with Gasteiger partial charge in [-0.15, -0.1) is 0 Å². The SMILES string of the molecule is CCC(N)CC(=O)Nc1ccc(F)cc1F. The Balaban J connectivity index is 2.63. The first-order valence-corrected chi connectivity index (χ1v) is 5.03. The van der Waals surface area contributed by atoms with E-state index in [1.54, 1.807) is 0 Å². The number of nitrogens with two attached hydrogens (primary N) is 1. The van der Waals surface area contributed by atoms with Gasteiger partial charge in [-0.1, -0.05) is 6.92 Å². The summed E-state index contributed by atoms with van der Waals surface area (Å²) in [7, 11) is 0. The van der Waals surface area contributed by atoms with Crippen LogP contribution in [0.4, 0.5) is 14.5 Å². The molecule has 0 saturated heterocycles.